The molecule has 1 heterocycles. The number of carbonyl (C=O) groups excluding carboxylic acids is 2. The molecule has 0 unspecified atom stereocenters. The molecule has 3 aromatic rings. The fraction of sp³-hybridized carbons (Fsp3) is 0.250. The number of benzene rings is 2. The quantitative estimate of drug-likeness (QED) is 0.401. The molecule has 0 saturated carbocycles. The SMILES string of the molecule is [CH2]CC[C@@H](COC(=O)Nc1cc2cc(F)ccc2cn1)N(NCc1cccc(F)c1Cl)C(C)=O. The predicted molar refractivity (Wildman–Crippen MR) is 126 cm³/mol. The van der Waals surface area contributed by atoms with Crippen molar-refractivity contribution in [2.75, 3.05) is 11.9 Å². The van der Waals surface area contributed by atoms with Crippen molar-refractivity contribution in [3.05, 3.63) is 77.8 Å². The molecular weight excluding hydrogens is 466 g/mol. The number of rotatable bonds is 9. The number of halogens is 3. The van der Waals surface area contributed by atoms with Crippen LogP contribution in [0.1, 0.15) is 25.3 Å². The van der Waals surface area contributed by atoms with Crippen molar-refractivity contribution in [3.8, 4) is 0 Å². The summed E-state index contributed by atoms with van der Waals surface area (Å²) in [7, 11) is 0. The Bertz CT molecular complexity index is 1180. The van der Waals surface area contributed by atoms with Gasteiger partial charge in [0, 0.05) is 25.1 Å². The molecule has 0 bridgehead atoms. The van der Waals surface area contributed by atoms with Gasteiger partial charge in [-0.25, -0.2) is 24.0 Å². The summed E-state index contributed by atoms with van der Waals surface area (Å²) in [6.07, 6.45) is 1.63. The average Bonchev–Trinajstić information content (AvgIpc) is 2.79. The summed E-state index contributed by atoms with van der Waals surface area (Å²) in [6, 6.07) is 9.64. The molecule has 0 aliphatic rings. The third kappa shape index (κ3) is 6.61. The Morgan fingerprint density at radius 1 is 1.21 bits per heavy atom. The van der Waals surface area contributed by atoms with E-state index in [0.717, 1.165) is 5.39 Å². The molecule has 179 valence electrons. The lowest BCUT2D eigenvalue weighted by atomic mass is 10.1. The first-order chi connectivity index (χ1) is 16.3. The molecule has 10 heteroatoms. The number of anilines is 1. The highest BCUT2D eigenvalue weighted by Crippen LogP contribution is 2.20. The van der Waals surface area contributed by atoms with Gasteiger partial charge in [-0.15, -0.1) is 0 Å². The first-order valence-electron chi connectivity index (χ1n) is 10.5. The maximum Gasteiger partial charge on any atom is 0.412 e. The zero-order valence-electron chi connectivity index (χ0n) is 18.5. The van der Waals surface area contributed by atoms with Gasteiger partial charge in [-0.2, -0.15) is 0 Å². The first kappa shape index (κ1) is 25.3. The van der Waals surface area contributed by atoms with Gasteiger partial charge in [-0.3, -0.25) is 15.1 Å². The average molecular weight is 490 g/mol. The zero-order chi connectivity index (χ0) is 24.7. The van der Waals surface area contributed by atoms with E-state index < -0.39 is 23.8 Å². The summed E-state index contributed by atoms with van der Waals surface area (Å²) in [5, 5.41) is 5.07. The maximum absolute atomic E-state index is 13.7. The standard InChI is InChI=1S/C24H24ClF2N4O3/c1-3-5-20(31(15(2)32)29-13-17-6-4-7-21(27)23(17)25)14-34-24(33)30-22-11-18-10-19(26)9-8-16(18)12-28-22/h4,6-12,20,29H,1,3,5,13-14H2,2H3,(H,28,30,33)/t20-/m0/s1. The third-order valence-corrected chi connectivity index (χ3v) is 5.46. The van der Waals surface area contributed by atoms with Crippen molar-refractivity contribution in [2.24, 2.45) is 0 Å². The fourth-order valence-corrected chi connectivity index (χ4v) is 3.56. The maximum atomic E-state index is 13.7. The van der Waals surface area contributed by atoms with Crippen LogP contribution in [0.2, 0.25) is 5.02 Å². The third-order valence-electron chi connectivity index (χ3n) is 5.03. The highest BCUT2D eigenvalue weighted by Gasteiger charge is 2.23. The van der Waals surface area contributed by atoms with Crippen LogP contribution in [-0.2, 0) is 16.1 Å². The molecule has 1 aromatic heterocycles. The molecule has 1 radical (unpaired) electrons. The molecule has 34 heavy (non-hydrogen) atoms. The number of carbonyl (C=O) groups is 2. The van der Waals surface area contributed by atoms with Crippen LogP contribution >= 0.6 is 11.6 Å². The first-order valence-corrected chi connectivity index (χ1v) is 10.9. The smallest absolute Gasteiger partial charge is 0.412 e. The minimum Gasteiger partial charge on any atom is -0.447 e. The molecule has 1 atom stereocenters. The summed E-state index contributed by atoms with van der Waals surface area (Å²) >= 11 is 5.99. The van der Waals surface area contributed by atoms with Crippen molar-refractivity contribution >= 4 is 40.2 Å². The lowest BCUT2D eigenvalue weighted by Crippen LogP contribution is -2.50. The number of ether oxygens (including phenoxy) is 1. The summed E-state index contributed by atoms with van der Waals surface area (Å²) in [5.41, 5.74) is 3.40. The fourth-order valence-electron chi connectivity index (χ4n) is 3.37. The van der Waals surface area contributed by atoms with Gasteiger partial charge in [0.15, 0.2) is 0 Å². The molecule has 7 nitrogen and oxygen atoms in total. The van der Waals surface area contributed by atoms with E-state index in [1.807, 2.05) is 0 Å². The molecule has 0 aliphatic heterocycles. The Morgan fingerprint density at radius 2 is 2.00 bits per heavy atom. The van der Waals surface area contributed by atoms with Crippen LogP contribution in [0.4, 0.5) is 19.4 Å². The van der Waals surface area contributed by atoms with E-state index in [2.05, 4.69) is 22.7 Å². The zero-order valence-corrected chi connectivity index (χ0v) is 19.2. The second-order valence-electron chi connectivity index (χ2n) is 7.52. The number of aromatic nitrogens is 1. The lowest BCUT2D eigenvalue weighted by Gasteiger charge is -2.31. The summed E-state index contributed by atoms with van der Waals surface area (Å²) < 4.78 is 32.5. The Hall–Kier alpha value is -3.30. The van der Waals surface area contributed by atoms with E-state index in [-0.39, 0.29) is 29.9 Å². The van der Waals surface area contributed by atoms with Crippen LogP contribution < -0.4 is 10.7 Å². The molecule has 0 fully saturated rings. The van der Waals surface area contributed by atoms with Crippen molar-refractivity contribution in [1.29, 1.82) is 0 Å². The predicted octanol–water partition coefficient (Wildman–Crippen LogP) is 5.25. The monoisotopic (exact) mass is 489 g/mol. The molecule has 2 amide bonds. The number of nitrogens with one attached hydrogen (secondary N) is 2. The largest absolute Gasteiger partial charge is 0.447 e. The molecule has 2 aromatic carbocycles. The Labute approximate surface area is 201 Å². The highest BCUT2D eigenvalue weighted by molar-refractivity contribution is 6.31. The van der Waals surface area contributed by atoms with E-state index in [1.165, 1.54) is 48.5 Å². The number of nitrogens with zero attached hydrogens (tertiary/aromatic N) is 2. The molecule has 2 N–H and O–H groups in total. The van der Waals surface area contributed by atoms with Gasteiger partial charge < -0.3 is 4.74 Å². The molecule has 0 spiro atoms. The number of hydrogen-bond donors (Lipinski definition) is 2. The van der Waals surface area contributed by atoms with E-state index in [1.54, 1.807) is 12.1 Å². The van der Waals surface area contributed by atoms with Crippen LogP contribution in [0.3, 0.4) is 0 Å². The van der Waals surface area contributed by atoms with E-state index >= 15 is 0 Å². The van der Waals surface area contributed by atoms with Crippen LogP contribution in [0.5, 0.6) is 0 Å². The lowest BCUT2D eigenvalue weighted by molar-refractivity contribution is -0.136. The van der Waals surface area contributed by atoms with Gasteiger partial charge >= 0.3 is 6.09 Å². The number of hydrazine groups is 1. The van der Waals surface area contributed by atoms with Gasteiger partial charge in [0.05, 0.1) is 11.1 Å². The Kier molecular flexibility index (Phi) is 8.72. The summed E-state index contributed by atoms with van der Waals surface area (Å²) in [6.45, 7) is 5.12. The van der Waals surface area contributed by atoms with Gasteiger partial charge in [0.1, 0.15) is 24.1 Å². The number of hydrogen-bond acceptors (Lipinski definition) is 5. The van der Waals surface area contributed by atoms with Crippen LogP contribution in [-0.4, -0.2) is 34.6 Å². The van der Waals surface area contributed by atoms with Crippen molar-refractivity contribution < 1.29 is 23.1 Å². The second-order valence-corrected chi connectivity index (χ2v) is 7.90. The second kappa shape index (κ2) is 11.7. The van der Waals surface area contributed by atoms with E-state index in [9.17, 15) is 18.4 Å². The normalized spacial score (nSPS) is 11.8. The van der Waals surface area contributed by atoms with Gasteiger partial charge in [-0.05, 0) is 47.7 Å². The molecule has 0 aliphatic carbocycles. The number of pyridine rings is 1. The van der Waals surface area contributed by atoms with Crippen molar-refractivity contribution in [1.82, 2.24) is 15.4 Å². The van der Waals surface area contributed by atoms with E-state index in [4.69, 9.17) is 16.3 Å². The van der Waals surface area contributed by atoms with E-state index in [0.29, 0.717) is 23.8 Å². The van der Waals surface area contributed by atoms with Crippen LogP contribution in [0.25, 0.3) is 10.8 Å². The molecule has 3 rings (SSSR count). The van der Waals surface area contributed by atoms with Gasteiger partial charge in [0.25, 0.3) is 0 Å². The van der Waals surface area contributed by atoms with Crippen molar-refractivity contribution in [3.63, 3.8) is 0 Å². The van der Waals surface area contributed by atoms with Gasteiger partial charge in [0.2, 0.25) is 5.91 Å². The van der Waals surface area contributed by atoms with Crippen molar-refractivity contribution in [2.45, 2.75) is 32.4 Å². The topological polar surface area (TPSA) is 83.6 Å². The highest BCUT2D eigenvalue weighted by atomic mass is 35.5. The van der Waals surface area contributed by atoms with Crippen LogP contribution in [0.15, 0.2) is 48.7 Å². The molecule has 0 saturated heterocycles. The summed E-state index contributed by atoms with van der Waals surface area (Å²) in [5.74, 6) is -1.10. The van der Waals surface area contributed by atoms with Crippen LogP contribution in [0, 0.1) is 18.6 Å². The van der Waals surface area contributed by atoms with Gasteiger partial charge in [-0.1, -0.05) is 37.1 Å². The minimum absolute atomic E-state index is 0.0365. The Morgan fingerprint density at radius 3 is 2.74 bits per heavy atom. The Balaban J connectivity index is 1.63. The molecular formula is C24H24ClF2N4O3. The summed E-state index contributed by atoms with van der Waals surface area (Å²) in [4.78, 5) is 28.7. The number of amides is 2. The number of fused-ring (bicyclic) bond motifs is 1. The minimum atomic E-state index is -0.783.